The van der Waals surface area contributed by atoms with E-state index in [9.17, 15) is 18.0 Å². The maximum Gasteiger partial charge on any atom is 0.573 e. The van der Waals surface area contributed by atoms with Crippen molar-refractivity contribution < 1.29 is 22.7 Å². The van der Waals surface area contributed by atoms with Gasteiger partial charge in [-0.15, -0.1) is 13.2 Å². The second kappa shape index (κ2) is 9.21. The van der Waals surface area contributed by atoms with Crippen LogP contribution in [0.25, 0.3) is 22.2 Å². The van der Waals surface area contributed by atoms with Crippen LogP contribution in [0.2, 0.25) is 0 Å². The molecule has 3 heterocycles. The number of amides is 1. The zero-order valence-electron chi connectivity index (χ0n) is 18.4. The van der Waals surface area contributed by atoms with Crippen molar-refractivity contribution in [1.29, 1.82) is 0 Å². The maximum atomic E-state index is 13.0. The van der Waals surface area contributed by atoms with Gasteiger partial charge in [0.1, 0.15) is 11.6 Å². The summed E-state index contributed by atoms with van der Waals surface area (Å²) in [5.74, 6) is -0.0124. The molecule has 4 aromatic rings. The van der Waals surface area contributed by atoms with Gasteiger partial charge in [-0.25, -0.2) is 4.98 Å². The summed E-state index contributed by atoms with van der Waals surface area (Å²) in [4.78, 5) is 28.5. The van der Waals surface area contributed by atoms with Crippen LogP contribution in [0.5, 0.6) is 5.75 Å². The fraction of sp³-hybridized carbons (Fsp3) is 0.200. The van der Waals surface area contributed by atoms with Gasteiger partial charge in [-0.2, -0.15) is 0 Å². The fourth-order valence-corrected chi connectivity index (χ4v) is 4.05. The van der Waals surface area contributed by atoms with Gasteiger partial charge in [0, 0.05) is 42.9 Å². The molecule has 5 rings (SSSR count). The van der Waals surface area contributed by atoms with Crippen LogP contribution in [0, 0.1) is 0 Å². The van der Waals surface area contributed by atoms with Crippen LogP contribution in [-0.4, -0.2) is 40.3 Å². The molecule has 35 heavy (non-hydrogen) atoms. The number of hydrogen-bond acceptors (Lipinski definition) is 6. The van der Waals surface area contributed by atoms with Crippen LogP contribution >= 0.6 is 0 Å². The first kappa shape index (κ1) is 22.6. The van der Waals surface area contributed by atoms with Gasteiger partial charge in [0.25, 0.3) is 5.91 Å². The Hall–Kier alpha value is -4.21. The Balaban J connectivity index is 1.45. The second-order valence-corrected chi connectivity index (χ2v) is 8.08. The molecule has 0 saturated carbocycles. The second-order valence-electron chi connectivity index (χ2n) is 8.08. The standard InChI is InChI=1S/C25H20F3N5O2/c26-25(27,28)35-19-6-4-18(5-7-19)32-24(34)17-13-20(23(31-15-17)33-11-1-2-12-33)16-3-8-21-22(14-16)30-10-9-29-21/h3-10,13-15H,1-2,11-12H2,(H,32,34). The SMILES string of the molecule is O=C(Nc1ccc(OC(F)(F)F)cc1)c1cnc(N2CCCC2)c(-c2ccc3nccnc3c2)c1. The Labute approximate surface area is 198 Å². The molecule has 0 atom stereocenters. The highest BCUT2D eigenvalue weighted by Crippen LogP contribution is 2.33. The van der Waals surface area contributed by atoms with E-state index in [2.05, 4.69) is 29.9 Å². The number of hydrogen-bond donors (Lipinski definition) is 1. The maximum absolute atomic E-state index is 13.0. The molecule has 7 nitrogen and oxygen atoms in total. The van der Waals surface area contributed by atoms with Crippen molar-refractivity contribution >= 4 is 28.4 Å². The lowest BCUT2D eigenvalue weighted by molar-refractivity contribution is -0.274. The van der Waals surface area contributed by atoms with Crippen LogP contribution in [0.1, 0.15) is 23.2 Å². The summed E-state index contributed by atoms with van der Waals surface area (Å²) in [5.41, 5.74) is 3.79. The molecule has 0 aliphatic carbocycles. The molecule has 1 amide bonds. The predicted octanol–water partition coefficient (Wildman–Crippen LogP) is 5.44. The highest BCUT2D eigenvalue weighted by atomic mass is 19.4. The first-order valence-electron chi connectivity index (χ1n) is 11.0. The van der Waals surface area contributed by atoms with E-state index in [1.165, 1.54) is 18.3 Å². The lowest BCUT2D eigenvalue weighted by atomic mass is 10.0. The summed E-state index contributed by atoms with van der Waals surface area (Å²) in [6, 6.07) is 12.5. The average molecular weight is 479 g/mol. The van der Waals surface area contributed by atoms with Gasteiger partial charge in [0.15, 0.2) is 0 Å². The smallest absolute Gasteiger partial charge is 0.406 e. The minimum absolute atomic E-state index is 0.317. The van der Waals surface area contributed by atoms with Crippen molar-refractivity contribution in [2.45, 2.75) is 19.2 Å². The molecule has 0 spiro atoms. The third-order valence-corrected chi connectivity index (χ3v) is 5.66. The molecule has 0 unspecified atom stereocenters. The number of fused-ring (bicyclic) bond motifs is 1. The van der Waals surface area contributed by atoms with Gasteiger partial charge in [-0.05, 0) is 60.9 Å². The molecule has 1 fully saturated rings. The van der Waals surface area contributed by atoms with E-state index in [1.54, 1.807) is 18.5 Å². The number of benzene rings is 2. The van der Waals surface area contributed by atoms with E-state index in [4.69, 9.17) is 0 Å². The van der Waals surface area contributed by atoms with E-state index in [1.807, 2.05) is 18.2 Å². The van der Waals surface area contributed by atoms with Crippen molar-refractivity contribution in [2.75, 3.05) is 23.3 Å². The number of carbonyl (C=O) groups is 1. The number of anilines is 2. The molecule has 1 saturated heterocycles. The number of pyridine rings is 1. The number of alkyl halides is 3. The molecule has 1 N–H and O–H groups in total. The number of rotatable bonds is 5. The third kappa shape index (κ3) is 5.16. The number of carbonyl (C=O) groups excluding carboxylic acids is 1. The average Bonchev–Trinajstić information content (AvgIpc) is 3.38. The fourth-order valence-electron chi connectivity index (χ4n) is 4.05. The monoisotopic (exact) mass is 479 g/mol. The summed E-state index contributed by atoms with van der Waals surface area (Å²) < 4.78 is 41.0. The van der Waals surface area contributed by atoms with E-state index in [-0.39, 0.29) is 5.75 Å². The highest BCUT2D eigenvalue weighted by molar-refractivity contribution is 6.05. The van der Waals surface area contributed by atoms with Gasteiger partial charge < -0.3 is 15.0 Å². The molecule has 10 heteroatoms. The Bertz CT molecular complexity index is 1370. The van der Waals surface area contributed by atoms with Gasteiger partial charge in [0.05, 0.1) is 16.6 Å². The van der Waals surface area contributed by atoms with E-state index < -0.39 is 12.3 Å². The third-order valence-electron chi connectivity index (χ3n) is 5.66. The minimum Gasteiger partial charge on any atom is -0.406 e. The van der Waals surface area contributed by atoms with Gasteiger partial charge in [-0.3, -0.25) is 14.8 Å². The molecule has 2 aromatic heterocycles. The summed E-state index contributed by atoms with van der Waals surface area (Å²) in [6.45, 7) is 1.76. The van der Waals surface area contributed by atoms with Crippen molar-refractivity contribution in [3.8, 4) is 16.9 Å². The molecule has 2 aromatic carbocycles. The number of ether oxygens (including phenoxy) is 1. The zero-order valence-corrected chi connectivity index (χ0v) is 18.4. The number of aromatic nitrogens is 3. The van der Waals surface area contributed by atoms with Crippen LogP contribution in [0.4, 0.5) is 24.7 Å². The van der Waals surface area contributed by atoms with E-state index in [0.29, 0.717) is 11.3 Å². The van der Waals surface area contributed by atoms with E-state index in [0.717, 1.165) is 66.0 Å². The van der Waals surface area contributed by atoms with Gasteiger partial charge in [-0.1, -0.05) is 6.07 Å². The van der Waals surface area contributed by atoms with Crippen LogP contribution in [0.3, 0.4) is 0 Å². The van der Waals surface area contributed by atoms with Crippen molar-refractivity contribution in [1.82, 2.24) is 15.0 Å². The quantitative estimate of drug-likeness (QED) is 0.411. The van der Waals surface area contributed by atoms with Crippen molar-refractivity contribution in [2.24, 2.45) is 0 Å². The molecular formula is C25H20F3N5O2. The zero-order chi connectivity index (χ0) is 24.4. The minimum atomic E-state index is -4.78. The molecule has 0 bridgehead atoms. The summed E-state index contributed by atoms with van der Waals surface area (Å²) in [6.07, 6.45) is 2.13. The molecule has 1 aliphatic rings. The Morgan fingerprint density at radius 1 is 0.914 bits per heavy atom. The van der Waals surface area contributed by atoms with Crippen LogP contribution < -0.4 is 15.0 Å². The topological polar surface area (TPSA) is 80.2 Å². The summed E-state index contributed by atoms with van der Waals surface area (Å²) >= 11 is 0. The number of nitrogens with zero attached hydrogens (tertiary/aromatic N) is 4. The van der Waals surface area contributed by atoms with Gasteiger partial charge >= 0.3 is 6.36 Å². The highest BCUT2D eigenvalue weighted by Gasteiger charge is 2.31. The van der Waals surface area contributed by atoms with Crippen LogP contribution in [0.15, 0.2) is 67.1 Å². The first-order chi connectivity index (χ1) is 16.9. The Morgan fingerprint density at radius 2 is 1.63 bits per heavy atom. The lowest BCUT2D eigenvalue weighted by Crippen LogP contribution is -2.21. The van der Waals surface area contributed by atoms with E-state index >= 15 is 0 Å². The van der Waals surface area contributed by atoms with Crippen molar-refractivity contribution in [3.05, 3.63) is 72.7 Å². The molecule has 178 valence electrons. The summed E-state index contributed by atoms with van der Waals surface area (Å²) in [5, 5.41) is 2.69. The molecule has 1 aliphatic heterocycles. The molecular weight excluding hydrogens is 459 g/mol. The largest absolute Gasteiger partial charge is 0.573 e. The Morgan fingerprint density at radius 3 is 2.34 bits per heavy atom. The normalized spacial score (nSPS) is 13.7. The van der Waals surface area contributed by atoms with Crippen molar-refractivity contribution in [3.63, 3.8) is 0 Å². The summed E-state index contributed by atoms with van der Waals surface area (Å²) in [7, 11) is 0. The molecule has 0 radical (unpaired) electrons. The van der Waals surface area contributed by atoms with Crippen LogP contribution in [-0.2, 0) is 0 Å². The lowest BCUT2D eigenvalue weighted by Gasteiger charge is -2.21. The predicted molar refractivity (Wildman–Crippen MR) is 125 cm³/mol. The number of nitrogens with one attached hydrogen (secondary N) is 1. The first-order valence-corrected chi connectivity index (χ1v) is 11.0. The number of halogens is 3. The van der Waals surface area contributed by atoms with Gasteiger partial charge in [0.2, 0.25) is 0 Å². The Kier molecular flexibility index (Phi) is 5.94.